The van der Waals surface area contributed by atoms with Crippen LogP contribution < -0.4 is 4.90 Å². The minimum Gasteiger partial charge on any atom is -0.477 e. The molecule has 36 heavy (non-hydrogen) atoms. The number of carbonyl (C=O) groups is 2. The van der Waals surface area contributed by atoms with Crippen molar-refractivity contribution in [2.75, 3.05) is 18.1 Å². The summed E-state index contributed by atoms with van der Waals surface area (Å²) in [4.78, 5) is 27.8. The van der Waals surface area contributed by atoms with Crippen LogP contribution in [0.1, 0.15) is 55.8 Å². The number of hydrogen-bond acceptors (Lipinski definition) is 5. The predicted molar refractivity (Wildman–Crippen MR) is 136 cm³/mol. The van der Waals surface area contributed by atoms with Crippen LogP contribution in [0.2, 0.25) is 5.02 Å². The van der Waals surface area contributed by atoms with E-state index in [9.17, 15) is 14.7 Å². The van der Waals surface area contributed by atoms with Gasteiger partial charge in [0, 0.05) is 36.9 Å². The predicted octanol–water partition coefficient (Wildman–Crippen LogP) is 5.82. The molecule has 2 fully saturated rings. The molecule has 0 atom stereocenters. The molecule has 2 aliphatic rings. The van der Waals surface area contributed by atoms with Gasteiger partial charge in [0.2, 0.25) is 5.91 Å². The van der Waals surface area contributed by atoms with Gasteiger partial charge in [-0.25, -0.2) is 9.48 Å². The van der Waals surface area contributed by atoms with Gasteiger partial charge in [-0.15, -0.1) is 5.10 Å². The maximum absolute atomic E-state index is 13.9. The molecule has 8 nitrogen and oxygen atoms in total. The van der Waals surface area contributed by atoms with E-state index in [0.29, 0.717) is 48.4 Å². The molecule has 1 amide bonds. The Kier molecular flexibility index (Phi) is 7.16. The van der Waals surface area contributed by atoms with E-state index in [2.05, 4.69) is 12.0 Å². The zero-order valence-corrected chi connectivity index (χ0v) is 21.0. The standard InChI is InChI=1S/C27H30ClN3O5/c1-17-4-6-18(7-5-17)26(32)31(19-10-13-35-14-11-19)25-22(27(33)34)16-30(29-25)20-8-9-21(23(28)15-20)24-3-2-12-36-24/h2-3,8-9,12,15-19H,4-7,10-11,13-14H2,1H3,(H,33,34). The molecule has 190 valence electrons. The second-order valence-electron chi connectivity index (χ2n) is 9.77. The van der Waals surface area contributed by atoms with Crippen LogP contribution in [-0.2, 0) is 9.53 Å². The van der Waals surface area contributed by atoms with Crippen molar-refractivity contribution in [3.63, 3.8) is 0 Å². The fourth-order valence-corrected chi connectivity index (χ4v) is 5.48. The number of carboxylic acid groups (broad SMARTS) is 1. The van der Waals surface area contributed by atoms with E-state index in [1.807, 2.05) is 12.1 Å². The van der Waals surface area contributed by atoms with Crippen LogP contribution in [0.4, 0.5) is 5.82 Å². The van der Waals surface area contributed by atoms with Crippen LogP contribution in [0.5, 0.6) is 0 Å². The number of nitrogens with zero attached hydrogens (tertiary/aromatic N) is 3. The number of benzene rings is 1. The maximum Gasteiger partial charge on any atom is 0.341 e. The molecule has 1 aromatic carbocycles. The van der Waals surface area contributed by atoms with Gasteiger partial charge in [-0.2, -0.15) is 0 Å². The molecule has 0 bridgehead atoms. The lowest BCUT2D eigenvalue weighted by molar-refractivity contribution is -0.124. The number of aromatic nitrogens is 2. The van der Waals surface area contributed by atoms with Gasteiger partial charge in [0.05, 0.1) is 17.0 Å². The molecule has 1 aliphatic carbocycles. The maximum atomic E-state index is 13.9. The van der Waals surface area contributed by atoms with Crippen LogP contribution in [0.15, 0.2) is 47.2 Å². The molecule has 2 aromatic heterocycles. The first kappa shape index (κ1) is 24.6. The molecular formula is C27H30ClN3O5. The highest BCUT2D eigenvalue weighted by Gasteiger charge is 2.37. The molecule has 1 saturated heterocycles. The minimum atomic E-state index is -1.13. The zero-order chi connectivity index (χ0) is 25.2. The van der Waals surface area contributed by atoms with Gasteiger partial charge in [-0.3, -0.25) is 9.69 Å². The summed E-state index contributed by atoms with van der Waals surface area (Å²) in [5, 5.41) is 15.2. The molecule has 1 N–H and O–H groups in total. The van der Waals surface area contributed by atoms with Crippen LogP contribution >= 0.6 is 11.6 Å². The van der Waals surface area contributed by atoms with E-state index >= 15 is 0 Å². The fourth-order valence-electron chi connectivity index (χ4n) is 5.21. The lowest BCUT2D eigenvalue weighted by Crippen LogP contribution is -2.47. The molecule has 0 spiro atoms. The van der Waals surface area contributed by atoms with Gasteiger partial charge in [0.1, 0.15) is 11.3 Å². The summed E-state index contributed by atoms with van der Waals surface area (Å²) in [7, 11) is 0. The Morgan fingerprint density at radius 1 is 1.11 bits per heavy atom. The van der Waals surface area contributed by atoms with Crippen molar-refractivity contribution < 1.29 is 23.8 Å². The van der Waals surface area contributed by atoms with E-state index in [-0.39, 0.29) is 29.2 Å². The Bertz CT molecular complexity index is 1220. The molecule has 3 aromatic rings. The fraction of sp³-hybridized carbons (Fsp3) is 0.444. The molecular weight excluding hydrogens is 482 g/mol. The Morgan fingerprint density at radius 2 is 1.86 bits per heavy atom. The van der Waals surface area contributed by atoms with E-state index in [1.54, 1.807) is 29.4 Å². The van der Waals surface area contributed by atoms with Crippen LogP contribution in [-0.4, -0.2) is 46.0 Å². The minimum absolute atomic E-state index is 0.00903. The first-order valence-corrected chi connectivity index (χ1v) is 12.9. The highest BCUT2D eigenvalue weighted by atomic mass is 35.5. The van der Waals surface area contributed by atoms with Gasteiger partial charge in [-0.1, -0.05) is 18.5 Å². The second-order valence-corrected chi connectivity index (χ2v) is 10.2. The summed E-state index contributed by atoms with van der Waals surface area (Å²) in [5.74, 6) is 0.136. The van der Waals surface area contributed by atoms with E-state index in [0.717, 1.165) is 31.2 Å². The molecule has 1 saturated carbocycles. The highest BCUT2D eigenvalue weighted by molar-refractivity contribution is 6.33. The average molecular weight is 512 g/mol. The summed E-state index contributed by atoms with van der Waals surface area (Å²) >= 11 is 6.53. The van der Waals surface area contributed by atoms with Gasteiger partial charge in [-0.05, 0) is 74.8 Å². The van der Waals surface area contributed by atoms with Gasteiger partial charge in [0.15, 0.2) is 5.82 Å². The SMILES string of the molecule is CC1CCC(C(=O)N(c2nn(-c3ccc(-c4ccco4)c(Cl)c3)cc2C(=O)O)C2CCOCC2)CC1. The van der Waals surface area contributed by atoms with E-state index in [1.165, 1.54) is 10.9 Å². The molecule has 1 aliphatic heterocycles. The van der Waals surface area contributed by atoms with Gasteiger partial charge < -0.3 is 14.3 Å². The quantitative estimate of drug-likeness (QED) is 0.447. The third-order valence-electron chi connectivity index (χ3n) is 7.32. The first-order valence-electron chi connectivity index (χ1n) is 12.5. The number of halogens is 1. The van der Waals surface area contributed by atoms with Crippen molar-refractivity contribution >= 4 is 29.3 Å². The molecule has 0 radical (unpaired) electrons. The smallest absolute Gasteiger partial charge is 0.341 e. The lowest BCUT2D eigenvalue weighted by atomic mass is 9.82. The topological polar surface area (TPSA) is 97.8 Å². The largest absolute Gasteiger partial charge is 0.477 e. The Labute approximate surface area is 214 Å². The summed E-state index contributed by atoms with van der Waals surface area (Å²) in [6.07, 6.45) is 7.94. The average Bonchev–Trinajstić information content (AvgIpc) is 3.56. The summed E-state index contributed by atoms with van der Waals surface area (Å²) in [6.45, 7) is 3.27. The molecule has 5 rings (SSSR count). The second kappa shape index (κ2) is 10.5. The van der Waals surface area contributed by atoms with Crippen LogP contribution in [0.25, 0.3) is 17.0 Å². The number of anilines is 1. The Balaban J connectivity index is 1.53. The van der Waals surface area contributed by atoms with Crippen molar-refractivity contribution in [1.29, 1.82) is 0 Å². The Hall–Kier alpha value is -3.10. The van der Waals surface area contributed by atoms with E-state index < -0.39 is 5.97 Å². The van der Waals surface area contributed by atoms with Crippen molar-refractivity contribution in [3.05, 3.63) is 53.4 Å². The monoisotopic (exact) mass is 511 g/mol. The van der Waals surface area contributed by atoms with Crippen LogP contribution in [0.3, 0.4) is 0 Å². The number of carbonyl (C=O) groups excluding carboxylic acids is 1. The zero-order valence-electron chi connectivity index (χ0n) is 20.2. The van der Waals surface area contributed by atoms with Crippen LogP contribution in [0, 0.1) is 11.8 Å². The summed E-state index contributed by atoms with van der Waals surface area (Å²) in [5.41, 5.74) is 1.31. The number of aromatic carboxylic acids is 1. The lowest BCUT2D eigenvalue weighted by Gasteiger charge is -2.37. The number of carboxylic acids is 1. The molecule has 3 heterocycles. The third kappa shape index (κ3) is 4.92. The van der Waals surface area contributed by atoms with Gasteiger partial charge >= 0.3 is 5.97 Å². The first-order chi connectivity index (χ1) is 17.4. The number of furan rings is 1. The number of ether oxygens (including phenoxy) is 1. The number of amides is 1. The summed E-state index contributed by atoms with van der Waals surface area (Å²) in [6, 6.07) is 8.77. The molecule has 0 unspecified atom stereocenters. The van der Waals surface area contributed by atoms with Gasteiger partial charge in [0.25, 0.3) is 0 Å². The van der Waals surface area contributed by atoms with E-state index in [4.69, 9.17) is 20.8 Å². The van der Waals surface area contributed by atoms with Crippen molar-refractivity contribution in [2.24, 2.45) is 11.8 Å². The number of rotatable bonds is 6. The summed E-state index contributed by atoms with van der Waals surface area (Å²) < 4.78 is 12.5. The normalized spacial score (nSPS) is 20.8. The third-order valence-corrected chi connectivity index (χ3v) is 7.63. The van der Waals surface area contributed by atoms with Crippen molar-refractivity contribution in [2.45, 2.75) is 51.5 Å². The van der Waals surface area contributed by atoms with Crippen molar-refractivity contribution in [3.8, 4) is 17.0 Å². The highest BCUT2D eigenvalue weighted by Crippen LogP contribution is 2.35. The Morgan fingerprint density at radius 3 is 2.50 bits per heavy atom. The molecule has 9 heteroatoms. The van der Waals surface area contributed by atoms with Crippen molar-refractivity contribution in [1.82, 2.24) is 9.78 Å². The number of hydrogen-bond donors (Lipinski definition) is 1.